The molecule has 1 aromatic heterocycles. The topological polar surface area (TPSA) is 100 Å². The van der Waals surface area contributed by atoms with Crippen LogP contribution in [-0.2, 0) is 22.6 Å². The third-order valence-corrected chi connectivity index (χ3v) is 9.04. The highest BCUT2D eigenvalue weighted by Crippen LogP contribution is 2.54. The second kappa shape index (κ2) is 14.5. The number of piperidine rings is 1. The summed E-state index contributed by atoms with van der Waals surface area (Å²) in [6.07, 6.45) is 10.7. The van der Waals surface area contributed by atoms with Crippen molar-refractivity contribution >= 4 is 42.4 Å². The molecule has 0 bridgehead atoms. The standard InChI is InChI=1S/C31H43N5O2.2ClH/c1-22-25(14-15-28(32)35-22)21-34-30(38)31-20-26(31)13-8-18-36(31)29(37)27(19-24-11-6-3-7-12-24)33-17-16-23-9-4-2-5-10-23;;/h2,4-5,9-10,14-15,24,26-27,33H,3,6-8,11-13,16-21H2,1H3,(H2,32,35)(H,34,38);2*1H/t26-,27-,31+;;/m1../s1. The second-order valence-electron chi connectivity index (χ2n) is 11.6. The fourth-order valence-corrected chi connectivity index (χ4v) is 6.77. The minimum atomic E-state index is -0.698. The number of carbonyl (C=O) groups excluding carboxylic acids is 2. The maximum absolute atomic E-state index is 14.2. The largest absolute Gasteiger partial charge is 0.384 e. The van der Waals surface area contributed by atoms with Gasteiger partial charge < -0.3 is 21.3 Å². The molecule has 40 heavy (non-hydrogen) atoms. The maximum atomic E-state index is 14.2. The van der Waals surface area contributed by atoms with Crippen LogP contribution in [0.4, 0.5) is 5.82 Å². The number of pyridine rings is 1. The van der Waals surface area contributed by atoms with Gasteiger partial charge in [0, 0.05) is 18.8 Å². The Labute approximate surface area is 251 Å². The number of amides is 2. The zero-order valence-electron chi connectivity index (χ0n) is 23.6. The van der Waals surface area contributed by atoms with Gasteiger partial charge in [-0.2, -0.15) is 0 Å². The van der Waals surface area contributed by atoms with Crippen molar-refractivity contribution < 1.29 is 9.59 Å². The average Bonchev–Trinajstić information content (AvgIpc) is 3.69. The zero-order valence-corrected chi connectivity index (χ0v) is 25.2. The molecule has 2 amide bonds. The third kappa shape index (κ3) is 7.29. The Morgan fingerprint density at radius 1 is 1.05 bits per heavy atom. The molecule has 1 saturated heterocycles. The van der Waals surface area contributed by atoms with Gasteiger partial charge in [0.2, 0.25) is 11.8 Å². The number of fused-ring (bicyclic) bond motifs is 1. The molecular weight excluding hydrogens is 545 g/mol. The van der Waals surface area contributed by atoms with Crippen LogP contribution < -0.4 is 16.4 Å². The number of aromatic nitrogens is 1. The Balaban J connectivity index is 0.00000220. The minimum absolute atomic E-state index is 0. The van der Waals surface area contributed by atoms with Gasteiger partial charge in [0.25, 0.3) is 0 Å². The number of halogens is 2. The lowest BCUT2D eigenvalue weighted by Gasteiger charge is -2.39. The summed E-state index contributed by atoms with van der Waals surface area (Å²) in [6, 6.07) is 13.9. The number of nitrogens with zero attached hydrogens (tertiary/aromatic N) is 2. The van der Waals surface area contributed by atoms with E-state index in [4.69, 9.17) is 5.73 Å². The number of hydrogen-bond acceptors (Lipinski definition) is 5. The van der Waals surface area contributed by atoms with Gasteiger partial charge in [-0.25, -0.2) is 4.98 Å². The molecular formula is C31H45Cl2N5O2. The number of nitrogen functional groups attached to an aromatic ring is 1. The molecule has 0 unspecified atom stereocenters. The van der Waals surface area contributed by atoms with Crippen molar-refractivity contribution in [3.05, 3.63) is 59.3 Å². The number of benzene rings is 1. The van der Waals surface area contributed by atoms with Crippen LogP contribution in [0.1, 0.15) is 74.6 Å². The van der Waals surface area contributed by atoms with Gasteiger partial charge in [0.15, 0.2) is 0 Å². The summed E-state index contributed by atoms with van der Waals surface area (Å²) in [4.78, 5) is 34.1. The Bertz CT molecular complexity index is 1130. The summed E-state index contributed by atoms with van der Waals surface area (Å²) in [5.41, 5.74) is 8.14. The lowest BCUT2D eigenvalue weighted by Crippen LogP contribution is -2.59. The van der Waals surface area contributed by atoms with Gasteiger partial charge in [-0.3, -0.25) is 9.59 Å². The van der Waals surface area contributed by atoms with E-state index < -0.39 is 5.54 Å². The first-order valence-electron chi connectivity index (χ1n) is 14.6. The normalized spacial score (nSPS) is 22.7. The van der Waals surface area contributed by atoms with Crippen molar-refractivity contribution in [2.24, 2.45) is 11.8 Å². The third-order valence-electron chi connectivity index (χ3n) is 9.04. The lowest BCUT2D eigenvalue weighted by molar-refractivity contribution is -0.146. The van der Waals surface area contributed by atoms with Crippen LogP contribution in [0.3, 0.4) is 0 Å². The summed E-state index contributed by atoms with van der Waals surface area (Å²) in [5.74, 6) is 1.41. The molecule has 2 aromatic rings. The van der Waals surface area contributed by atoms with Gasteiger partial charge >= 0.3 is 0 Å². The molecule has 2 heterocycles. The molecule has 0 radical (unpaired) electrons. The molecule has 0 spiro atoms. The Hall–Kier alpha value is -2.35. The molecule has 1 aliphatic heterocycles. The van der Waals surface area contributed by atoms with Gasteiger partial charge in [0.1, 0.15) is 11.4 Å². The van der Waals surface area contributed by atoms with E-state index in [9.17, 15) is 9.59 Å². The molecule has 220 valence electrons. The molecule has 9 heteroatoms. The number of likely N-dealkylation sites (tertiary alicyclic amines) is 1. The Morgan fingerprint density at radius 2 is 1.80 bits per heavy atom. The first-order chi connectivity index (χ1) is 18.5. The predicted molar refractivity (Wildman–Crippen MR) is 165 cm³/mol. The van der Waals surface area contributed by atoms with E-state index in [1.54, 1.807) is 6.07 Å². The van der Waals surface area contributed by atoms with Crippen molar-refractivity contribution in [2.45, 2.75) is 89.3 Å². The summed E-state index contributed by atoms with van der Waals surface area (Å²) >= 11 is 0. The number of hydrogen-bond donors (Lipinski definition) is 3. The number of anilines is 1. The molecule has 7 nitrogen and oxygen atoms in total. The van der Waals surface area contributed by atoms with Crippen LogP contribution in [0, 0.1) is 18.8 Å². The van der Waals surface area contributed by atoms with E-state index in [1.807, 2.05) is 24.0 Å². The Morgan fingerprint density at radius 3 is 2.52 bits per heavy atom. The van der Waals surface area contributed by atoms with Crippen molar-refractivity contribution in [1.29, 1.82) is 0 Å². The van der Waals surface area contributed by atoms with Crippen LogP contribution >= 0.6 is 24.8 Å². The van der Waals surface area contributed by atoms with Gasteiger partial charge in [0.05, 0.1) is 6.04 Å². The summed E-state index contributed by atoms with van der Waals surface area (Å²) < 4.78 is 0. The fraction of sp³-hybridized carbons (Fsp3) is 0.581. The first kappa shape index (κ1) is 32.2. The monoisotopic (exact) mass is 589 g/mol. The molecule has 2 saturated carbocycles. The maximum Gasteiger partial charge on any atom is 0.246 e. The van der Waals surface area contributed by atoms with E-state index in [-0.39, 0.29) is 48.6 Å². The van der Waals surface area contributed by atoms with Crippen LogP contribution in [0.15, 0.2) is 42.5 Å². The van der Waals surface area contributed by atoms with Crippen LogP contribution in [0.2, 0.25) is 0 Å². The molecule has 3 aliphatic rings. The quantitative estimate of drug-likeness (QED) is 0.362. The van der Waals surface area contributed by atoms with Crippen molar-refractivity contribution in [2.75, 3.05) is 18.8 Å². The zero-order chi connectivity index (χ0) is 26.5. The van der Waals surface area contributed by atoms with Crippen molar-refractivity contribution in [1.82, 2.24) is 20.5 Å². The Kier molecular flexibility index (Phi) is 11.7. The minimum Gasteiger partial charge on any atom is -0.384 e. The predicted octanol–water partition coefficient (Wildman–Crippen LogP) is 4.98. The number of aryl methyl sites for hydroxylation is 1. The highest BCUT2D eigenvalue weighted by Gasteiger charge is 2.66. The highest BCUT2D eigenvalue weighted by molar-refractivity contribution is 5.96. The highest BCUT2D eigenvalue weighted by atomic mass is 35.5. The SMILES string of the molecule is Cc1nc(N)ccc1CNC(=O)[C@]12C[C@H]1CCCN2C(=O)[C@@H](CC1CCCCC1)NCCc1ccccc1.Cl.Cl. The molecule has 3 fully saturated rings. The molecule has 4 N–H and O–H groups in total. The average molecular weight is 591 g/mol. The number of carbonyl (C=O) groups is 2. The van der Waals surface area contributed by atoms with E-state index >= 15 is 0 Å². The lowest BCUT2D eigenvalue weighted by atomic mass is 9.84. The number of nitrogens with one attached hydrogen (secondary N) is 2. The molecule has 5 rings (SSSR count). The molecule has 3 atom stereocenters. The van der Waals surface area contributed by atoms with E-state index in [1.165, 1.54) is 37.7 Å². The van der Waals surface area contributed by atoms with Crippen LogP contribution in [-0.4, -0.2) is 46.4 Å². The number of rotatable bonds is 10. The van der Waals surface area contributed by atoms with Crippen molar-refractivity contribution in [3.63, 3.8) is 0 Å². The fourth-order valence-electron chi connectivity index (χ4n) is 6.77. The molecule has 1 aromatic carbocycles. The first-order valence-corrected chi connectivity index (χ1v) is 14.6. The van der Waals surface area contributed by atoms with Gasteiger partial charge in [-0.15, -0.1) is 24.8 Å². The number of nitrogens with two attached hydrogens (primary N) is 1. The summed E-state index contributed by atoms with van der Waals surface area (Å²) in [5, 5.41) is 6.78. The van der Waals surface area contributed by atoms with E-state index in [0.717, 1.165) is 49.9 Å². The van der Waals surface area contributed by atoms with E-state index in [2.05, 4.69) is 39.9 Å². The second-order valence-corrected chi connectivity index (χ2v) is 11.6. The van der Waals surface area contributed by atoms with Crippen molar-refractivity contribution in [3.8, 4) is 0 Å². The van der Waals surface area contributed by atoms with Crippen LogP contribution in [0.25, 0.3) is 0 Å². The van der Waals surface area contributed by atoms with Crippen LogP contribution in [0.5, 0.6) is 0 Å². The van der Waals surface area contributed by atoms with Gasteiger partial charge in [-0.1, -0.05) is 68.5 Å². The van der Waals surface area contributed by atoms with E-state index in [0.29, 0.717) is 24.8 Å². The summed E-state index contributed by atoms with van der Waals surface area (Å²) in [7, 11) is 0. The molecule has 2 aliphatic carbocycles. The smallest absolute Gasteiger partial charge is 0.246 e. The summed E-state index contributed by atoms with van der Waals surface area (Å²) in [6.45, 7) is 3.72. The van der Waals surface area contributed by atoms with Gasteiger partial charge in [-0.05, 0) is 74.6 Å².